The quantitative estimate of drug-likeness (QED) is 0.533. The number of likely N-dealkylation sites (tertiary alicyclic amines) is 1. The summed E-state index contributed by atoms with van der Waals surface area (Å²) in [5.41, 5.74) is 2.10. The highest BCUT2D eigenvalue weighted by atomic mass is 32.2. The minimum atomic E-state index is -3.60. The van der Waals surface area contributed by atoms with E-state index in [-0.39, 0.29) is 22.6 Å². The highest BCUT2D eigenvalue weighted by Crippen LogP contribution is 2.30. The lowest BCUT2D eigenvalue weighted by Gasteiger charge is -2.32. The molecule has 2 fully saturated rings. The van der Waals surface area contributed by atoms with Crippen LogP contribution < -0.4 is 10.2 Å². The van der Waals surface area contributed by atoms with Gasteiger partial charge in [-0.3, -0.25) is 14.5 Å². The second-order valence-electron chi connectivity index (χ2n) is 9.46. The van der Waals surface area contributed by atoms with Crippen LogP contribution in [-0.4, -0.2) is 66.8 Å². The van der Waals surface area contributed by atoms with E-state index >= 15 is 0 Å². The molecule has 0 unspecified atom stereocenters. The van der Waals surface area contributed by atoms with Gasteiger partial charge in [0.05, 0.1) is 21.8 Å². The molecule has 0 saturated carbocycles. The second-order valence-corrected chi connectivity index (χ2v) is 11.7. The molecule has 0 aliphatic carbocycles. The van der Waals surface area contributed by atoms with Gasteiger partial charge in [0.15, 0.2) is 15.7 Å². The fraction of sp³-hybridized carbons (Fsp3) is 0.333. The van der Waals surface area contributed by atoms with Crippen molar-refractivity contribution in [3.8, 4) is 0 Å². The molecular formula is C27H29N5O4S. The molecule has 10 heteroatoms. The third-order valence-electron chi connectivity index (χ3n) is 7.11. The average Bonchev–Trinajstić information content (AvgIpc) is 2.89. The van der Waals surface area contributed by atoms with E-state index in [1.165, 1.54) is 11.1 Å². The highest BCUT2D eigenvalue weighted by molar-refractivity contribution is 7.92. The predicted octanol–water partition coefficient (Wildman–Crippen LogP) is 2.75. The van der Waals surface area contributed by atoms with Crippen molar-refractivity contribution in [3.63, 3.8) is 0 Å². The number of aryl methyl sites for hydroxylation is 1. The number of carbonyl (C=O) groups excluding carboxylic acids is 2. The van der Waals surface area contributed by atoms with E-state index in [9.17, 15) is 18.0 Å². The van der Waals surface area contributed by atoms with Crippen molar-refractivity contribution in [1.82, 2.24) is 20.4 Å². The van der Waals surface area contributed by atoms with E-state index in [1.807, 2.05) is 25.1 Å². The van der Waals surface area contributed by atoms with Crippen LogP contribution in [-0.2, 0) is 14.6 Å². The maximum Gasteiger partial charge on any atom is 0.254 e. The summed E-state index contributed by atoms with van der Waals surface area (Å²) in [7, 11) is -3.60. The number of nitrogens with one attached hydrogen (secondary N) is 1. The molecule has 1 aromatic heterocycles. The molecule has 1 N–H and O–H groups in total. The average molecular weight is 520 g/mol. The molecular weight excluding hydrogens is 490 g/mol. The predicted molar refractivity (Wildman–Crippen MR) is 139 cm³/mol. The van der Waals surface area contributed by atoms with E-state index < -0.39 is 15.1 Å². The molecule has 2 saturated heterocycles. The summed E-state index contributed by atoms with van der Waals surface area (Å²) in [6.45, 7) is 3.86. The molecule has 2 aliphatic heterocycles. The van der Waals surface area contributed by atoms with Gasteiger partial charge >= 0.3 is 0 Å². The minimum Gasteiger partial charge on any atom is -0.339 e. The Hall–Kier alpha value is -3.63. The minimum absolute atomic E-state index is 0.0614. The van der Waals surface area contributed by atoms with Gasteiger partial charge in [0.1, 0.15) is 0 Å². The van der Waals surface area contributed by atoms with Gasteiger partial charge in [0.25, 0.3) is 5.91 Å². The maximum atomic E-state index is 13.4. The molecule has 37 heavy (non-hydrogen) atoms. The fourth-order valence-corrected chi connectivity index (χ4v) is 6.49. The Kier molecular flexibility index (Phi) is 7.03. The Bertz CT molecular complexity index is 1380. The first-order valence-electron chi connectivity index (χ1n) is 12.4. The first-order chi connectivity index (χ1) is 17.9. The van der Waals surface area contributed by atoms with Crippen molar-refractivity contribution in [1.29, 1.82) is 0 Å². The lowest BCUT2D eigenvalue weighted by atomic mass is 10.0. The number of amides is 2. The monoisotopic (exact) mass is 519 g/mol. The Morgan fingerprint density at radius 1 is 0.973 bits per heavy atom. The number of piperidine rings is 1. The van der Waals surface area contributed by atoms with Crippen molar-refractivity contribution in [2.45, 2.75) is 29.9 Å². The molecule has 0 spiro atoms. The third-order valence-corrected chi connectivity index (χ3v) is 9.38. The lowest BCUT2D eigenvalue weighted by molar-refractivity contribution is -0.123. The van der Waals surface area contributed by atoms with E-state index in [4.69, 9.17) is 0 Å². The van der Waals surface area contributed by atoms with Gasteiger partial charge in [-0.1, -0.05) is 18.2 Å². The summed E-state index contributed by atoms with van der Waals surface area (Å²) in [6, 6.07) is 17.2. The number of sulfone groups is 1. The normalized spacial score (nSPS) is 16.7. The molecule has 0 radical (unpaired) electrons. The number of hydrogen-bond acceptors (Lipinski definition) is 7. The molecule has 9 nitrogen and oxygen atoms in total. The SMILES string of the molecule is Cc1ccccc1C(=O)N1CCC(S(=O)(=O)c2ccc(N(C(=O)C3CNC3)c3cccnn3)cc2)CC1. The maximum absolute atomic E-state index is 13.4. The van der Waals surface area contributed by atoms with Crippen LogP contribution in [0.15, 0.2) is 71.8 Å². The zero-order valence-corrected chi connectivity index (χ0v) is 21.4. The highest BCUT2D eigenvalue weighted by Gasteiger charge is 2.35. The van der Waals surface area contributed by atoms with Gasteiger partial charge in [0.2, 0.25) is 5.91 Å². The molecule has 2 amide bonds. The van der Waals surface area contributed by atoms with E-state index in [1.54, 1.807) is 47.4 Å². The first-order valence-corrected chi connectivity index (χ1v) is 13.9. The molecule has 2 aromatic carbocycles. The summed E-state index contributed by atoms with van der Waals surface area (Å²) >= 11 is 0. The van der Waals surface area contributed by atoms with Crippen LogP contribution in [0, 0.1) is 12.8 Å². The van der Waals surface area contributed by atoms with Crippen molar-refractivity contribution < 1.29 is 18.0 Å². The fourth-order valence-electron chi connectivity index (χ4n) is 4.76. The first kappa shape index (κ1) is 25.0. The van der Waals surface area contributed by atoms with E-state index in [0.29, 0.717) is 56.1 Å². The van der Waals surface area contributed by atoms with Crippen molar-refractivity contribution >= 4 is 33.2 Å². The van der Waals surface area contributed by atoms with Gasteiger partial charge in [-0.05, 0) is 67.8 Å². The van der Waals surface area contributed by atoms with Crippen LogP contribution in [0.2, 0.25) is 0 Å². The smallest absolute Gasteiger partial charge is 0.254 e. The second kappa shape index (κ2) is 10.4. The molecule has 5 rings (SSSR count). The van der Waals surface area contributed by atoms with Gasteiger partial charge in [-0.2, -0.15) is 5.10 Å². The zero-order valence-electron chi connectivity index (χ0n) is 20.6. The molecule has 2 aliphatic rings. The third kappa shape index (κ3) is 4.99. The standard InChI is InChI=1S/C27H29N5O4S/c1-19-5-2-3-6-24(19)27(34)31-15-12-23(13-16-31)37(35,36)22-10-8-21(9-11-22)32(25-7-4-14-29-30-25)26(33)20-17-28-18-20/h2-11,14,20,23,28H,12-13,15-18H2,1H3. The summed E-state index contributed by atoms with van der Waals surface area (Å²) < 4.78 is 26.8. The molecule has 0 bridgehead atoms. The molecule has 3 aromatic rings. The number of nitrogens with zero attached hydrogens (tertiary/aromatic N) is 4. The molecule has 0 atom stereocenters. The summed E-state index contributed by atoms with van der Waals surface area (Å²) in [5, 5.41) is 10.5. The van der Waals surface area contributed by atoms with E-state index in [0.717, 1.165) is 5.56 Å². The Balaban J connectivity index is 1.31. The van der Waals surface area contributed by atoms with Crippen LogP contribution in [0.1, 0.15) is 28.8 Å². The van der Waals surface area contributed by atoms with E-state index in [2.05, 4.69) is 15.5 Å². The molecule has 3 heterocycles. The Morgan fingerprint density at radius 2 is 1.68 bits per heavy atom. The Morgan fingerprint density at radius 3 is 2.27 bits per heavy atom. The topological polar surface area (TPSA) is 113 Å². The summed E-state index contributed by atoms with van der Waals surface area (Å²) in [5.74, 6) is 0.0490. The van der Waals surface area contributed by atoms with Crippen LogP contribution in [0.5, 0.6) is 0 Å². The van der Waals surface area contributed by atoms with Gasteiger partial charge < -0.3 is 10.2 Å². The largest absolute Gasteiger partial charge is 0.339 e. The number of benzene rings is 2. The van der Waals surface area contributed by atoms with Crippen LogP contribution >= 0.6 is 0 Å². The van der Waals surface area contributed by atoms with Crippen LogP contribution in [0.25, 0.3) is 0 Å². The van der Waals surface area contributed by atoms with Gasteiger partial charge in [-0.15, -0.1) is 5.10 Å². The lowest BCUT2D eigenvalue weighted by Crippen LogP contribution is -2.51. The van der Waals surface area contributed by atoms with Crippen LogP contribution in [0.4, 0.5) is 11.5 Å². The number of rotatable bonds is 6. The zero-order chi connectivity index (χ0) is 26.0. The number of hydrogen-bond donors (Lipinski definition) is 1. The summed E-state index contributed by atoms with van der Waals surface area (Å²) in [4.78, 5) is 29.5. The van der Waals surface area contributed by atoms with Crippen LogP contribution in [0.3, 0.4) is 0 Å². The van der Waals surface area contributed by atoms with Gasteiger partial charge in [-0.25, -0.2) is 8.42 Å². The number of anilines is 2. The molecule has 192 valence electrons. The van der Waals surface area contributed by atoms with Crippen molar-refractivity contribution in [2.24, 2.45) is 5.92 Å². The van der Waals surface area contributed by atoms with Crippen molar-refractivity contribution in [3.05, 3.63) is 78.0 Å². The number of aromatic nitrogens is 2. The van der Waals surface area contributed by atoms with Gasteiger partial charge in [0, 0.05) is 37.9 Å². The summed E-state index contributed by atoms with van der Waals surface area (Å²) in [6.07, 6.45) is 2.29. The Labute approximate surface area is 216 Å². The number of carbonyl (C=O) groups is 2. The van der Waals surface area contributed by atoms with Crippen molar-refractivity contribution in [2.75, 3.05) is 31.1 Å².